The number of ether oxygens (including phenoxy) is 1. The SMILES string of the molecule is CC(C)(C)OC(=O)N(CC(F)(F)F)c1cc(-c2nc(C(=O)Nc3cn[nH]c3Cc3cncc(CO)c3)co2)ccn1. The molecule has 0 saturated heterocycles. The van der Waals surface area contributed by atoms with Crippen molar-refractivity contribution in [3.05, 3.63) is 71.8 Å². The summed E-state index contributed by atoms with van der Waals surface area (Å²) in [5, 5.41) is 18.8. The van der Waals surface area contributed by atoms with Gasteiger partial charge in [-0.15, -0.1) is 0 Å². The third-order valence-electron chi connectivity index (χ3n) is 5.34. The number of alkyl halides is 3. The maximum absolute atomic E-state index is 13.3. The van der Waals surface area contributed by atoms with Crippen LogP contribution >= 0.6 is 0 Å². The van der Waals surface area contributed by atoms with Crippen molar-refractivity contribution in [1.29, 1.82) is 0 Å². The molecule has 0 bridgehead atoms. The molecule has 0 spiro atoms. The highest BCUT2D eigenvalue weighted by atomic mass is 19.4. The predicted molar refractivity (Wildman–Crippen MR) is 139 cm³/mol. The van der Waals surface area contributed by atoms with E-state index in [1.165, 1.54) is 45.3 Å². The fourth-order valence-corrected chi connectivity index (χ4v) is 3.62. The molecule has 0 unspecified atom stereocenters. The number of H-pyrrole nitrogens is 1. The number of amides is 2. The van der Waals surface area contributed by atoms with E-state index in [1.807, 2.05) is 0 Å². The molecule has 0 aliphatic rings. The number of pyridine rings is 2. The number of aliphatic hydroxyl groups is 1. The lowest BCUT2D eigenvalue weighted by molar-refractivity contribution is -0.119. The quantitative estimate of drug-likeness (QED) is 0.276. The Bertz CT molecular complexity index is 1530. The molecule has 216 valence electrons. The Morgan fingerprint density at radius 1 is 1.15 bits per heavy atom. The molecule has 0 aromatic carbocycles. The molecule has 0 aliphatic heterocycles. The van der Waals surface area contributed by atoms with Crippen molar-refractivity contribution in [1.82, 2.24) is 25.1 Å². The number of carbonyl (C=O) groups excluding carboxylic acids is 2. The first-order valence-corrected chi connectivity index (χ1v) is 12.2. The maximum atomic E-state index is 13.3. The molecule has 4 aromatic heterocycles. The Kier molecular flexibility index (Phi) is 8.37. The summed E-state index contributed by atoms with van der Waals surface area (Å²) < 4.78 is 50.3. The van der Waals surface area contributed by atoms with Gasteiger partial charge < -0.3 is 19.6 Å². The van der Waals surface area contributed by atoms with Crippen LogP contribution in [0.2, 0.25) is 0 Å². The van der Waals surface area contributed by atoms with Crippen LogP contribution in [-0.4, -0.2) is 60.6 Å². The van der Waals surface area contributed by atoms with Gasteiger partial charge in [-0.05, 0) is 44.0 Å². The number of rotatable bonds is 8. The minimum atomic E-state index is -4.73. The molecule has 0 atom stereocenters. The Labute approximate surface area is 231 Å². The zero-order chi connectivity index (χ0) is 29.8. The third kappa shape index (κ3) is 7.88. The lowest BCUT2D eigenvalue weighted by Gasteiger charge is -2.27. The largest absolute Gasteiger partial charge is 0.444 e. The smallest absolute Gasteiger partial charge is 0.416 e. The number of carbonyl (C=O) groups is 2. The van der Waals surface area contributed by atoms with E-state index in [1.54, 1.807) is 18.5 Å². The molecule has 3 N–H and O–H groups in total. The minimum Gasteiger partial charge on any atom is -0.444 e. The molecule has 2 amide bonds. The van der Waals surface area contributed by atoms with Crippen LogP contribution in [0.25, 0.3) is 11.5 Å². The van der Waals surface area contributed by atoms with Crippen LogP contribution in [0.4, 0.5) is 29.5 Å². The summed E-state index contributed by atoms with van der Waals surface area (Å²) in [6, 6.07) is 4.34. The lowest BCUT2D eigenvalue weighted by Crippen LogP contribution is -2.42. The topological polar surface area (TPSA) is 159 Å². The number of oxazole rings is 1. The van der Waals surface area contributed by atoms with Crippen LogP contribution in [0.3, 0.4) is 0 Å². The second-order valence-corrected chi connectivity index (χ2v) is 9.87. The van der Waals surface area contributed by atoms with Gasteiger partial charge in [-0.2, -0.15) is 18.3 Å². The van der Waals surface area contributed by atoms with Gasteiger partial charge >= 0.3 is 12.3 Å². The number of nitrogens with one attached hydrogen (secondary N) is 2. The maximum Gasteiger partial charge on any atom is 0.416 e. The summed E-state index contributed by atoms with van der Waals surface area (Å²) in [6.45, 7) is 2.78. The first kappa shape index (κ1) is 29.2. The first-order valence-electron chi connectivity index (χ1n) is 12.2. The number of nitrogens with zero attached hydrogens (tertiary/aromatic N) is 5. The second kappa shape index (κ2) is 11.8. The molecule has 4 heterocycles. The number of hydrogen-bond donors (Lipinski definition) is 3. The van der Waals surface area contributed by atoms with Crippen LogP contribution in [0.15, 0.2) is 53.7 Å². The Morgan fingerprint density at radius 2 is 1.90 bits per heavy atom. The Balaban J connectivity index is 1.52. The highest BCUT2D eigenvalue weighted by Gasteiger charge is 2.36. The lowest BCUT2D eigenvalue weighted by atomic mass is 10.1. The van der Waals surface area contributed by atoms with Gasteiger partial charge in [-0.25, -0.2) is 14.8 Å². The summed E-state index contributed by atoms with van der Waals surface area (Å²) in [5.74, 6) is -1.07. The number of aliphatic hydroxyl groups excluding tert-OH is 1. The molecular formula is C26H26F3N7O5. The zero-order valence-electron chi connectivity index (χ0n) is 22.2. The zero-order valence-corrected chi connectivity index (χ0v) is 22.2. The predicted octanol–water partition coefficient (Wildman–Crippen LogP) is 4.49. The highest BCUT2D eigenvalue weighted by molar-refractivity contribution is 6.03. The van der Waals surface area contributed by atoms with E-state index in [2.05, 4.69) is 30.5 Å². The van der Waals surface area contributed by atoms with Gasteiger partial charge in [0.1, 0.15) is 24.2 Å². The molecule has 0 radical (unpaired) electrons. The molecule has 41 heavy (non-hydrogen) atoms. The average Bonchev–Trinajstić information content (AvgIpc) is 3.56. The molecule has 12 nitrogen and oxygen atoms in total. The van der Waals surface area contributed by atoms with E-state index in [9.17, 15) is 27.9 Å². The number of anilines is 2. The third-order valence-corrected chi connectivity index (χ3v) is 5.34. The van der Waals surface area contributed by atoms with Gasteiger partial charge in [-0.3, -0.25) is 19.8 Å². The summed E-state index contributed by atoms with van der Waals surface area (Å²) in [5.41, 5.74) is 1.37. The molecular weight excluding hydrogens is 547 g/mol. The number of aromatic amines is 1. The fourth-order valence-electron chi connectivity index (χ4n) is 3.62. The highest BCUT2D eigenvalue weighted by Crippen LogP contribution is 2.27. The van der Waals surface area contributed by atoms with Crippen LogP contribution in [-0.2, 0) is 17.8 Å². The molecule has 4 aromatic rings. The number of hydrogen-bond acceptors (Lipinski definition) is 9. The average molecular weight is 574 g/mol. The van der Waals surface area contributed by atoms with E-state index >= 15 is 0 Å². The van der Waals surface area contributed by atoms with E-state index in [-0.39, 0.29) is 29.6 Å². The van der Waals surface area contributed by atoms with Crippen molar-refractivity contribution in [3.8, 4) is 11.5 Å². The van der Waals surface area contributed by atoms with Crippen LogP contribution in [0.1, 0.15) is 48.1 Å². The van der Waals surface area contributed by atoms with Crippen molar-refractivity contribution in [2.24, 2.45) is 0 Å². The van der Waals surface area contributed by atoms with Crippen LogP contribution in [0.5, 0.6) is 0 Å². The molecule has 4 rings (SSSR count). The summed E-state index contributed by atoms with van der Waals surface area (Å²) in [6.07, 6.45) is 1.22. The van der Waals surface area contributed by atoms with Gasteiger partial charge in [0.25, 0.3) is 5.91 Å². The Hall–Kier alpha value is -4.79. The number of halogens is 3. The summed E-state index contributed by atoms with van der Waals surface area (Å²) in [7, 11) is 0. The van der Waals surface area contributed by atoms with Gasteiger partial charge in [-0.1, -0.05) is 6.07 Å². The number of aromatic nitrogens is 5. The Morgan fingerprint density at radius 3 is 2.61 bits per heavy atom. The van der Waals surface area contributed by atoms with Crippen molar-refractivity contribution in [2.75, 3.05) is 16.8 Å². The van der Waals surface area contributed by atoms with E-state index in [0.717, 1.165) is 11.8 Å². The van der Waals surface area contributed by atoms with Gasteiger partial charge in [0.15, 0.2) is 5.69 Å². The standard InChI is InChI=1S/C26H26F3N7O5/c1-25(2,3)41-24(39)36(14-26(27,28)29)21-8-17(4-5-31-21)23-34-20(13-40-23)22(38)33-19-11-32-35-18(19)7-15-6-16(12-37)10-30-9-15/h4-6,8-11,13,37H,7,12,14H2,1-3H3,(H,32,35)(H,33,38). The van der Waals surface area contributed by atoms with Crippen molar-refractivity contribution >= 4 is 23.5 Å². The monoisotopic (exact) mass is 573 g/mol. The van der Waals surface area contributed by atoms with E-state index in [4.69, 9.17) is 9.15 Å². The van der Waals surface area contributed by atoms with Crippen molar-refractivity contribution in [2.45, 2.75) is 45.6 Å². The second-order valence-electron chi connectivity index (χ2n) is 9.87. The normalized spacial score (nSPS) is 11.8. The molecule has 0 aliphatic carbocycles. The van der Waals surface area contributed by atoms with Crippen molar-refractivity contribution in [3.63, 3.8) is 0 Å². The first-order chi connectivity index (χ1) is 19.3. The van der Waals surface area contributed by atoms with Crippen LogP contribution < -0.4 is 10.2 Å². The van der Waals surface area contributed by atoms with Crippen molar-refractivity contribution < 1.29 is 37.0 Å². The molecule has 0 saturated carbocycles. The van der Waals surface area contributed by atoms with Gasteiger partial charge in [0.2, 0.25) is 5.89 Å². The molecule has 0 fully saturated rings. The van der Waals surface area contributed by atoms with Crippen LogP contribution in [0, 0.1) is 0 Å². The van der Waals surface area contributed by atoms with Gasteiger partial charge in [0.05, 0.1) is 24.2 Å². The van der Waals surface area contributed by atoms with E-state index in [0.29, 0.717) is 28.3 Å². The molecule has 15 heteroatoms. The summed E-state index contributed by atoms with van der Waals surface area (Å²) in [4.78, 5) is 37.9. The van der Waals surface area contributed by atoms with E-state index < -0.39 is 30.3 Å². The fraction of sp³-hybridized carbons (Fsp3) is 0.308. The van der Waals surface area contributed by atoms with Gasteiger partial charge in [0, 0.05) is 30.6 Å². The summed E-state index contributed by atoms with van der Waals surface area (Å²) >= 11 is 0. The minimum absolute atomic E-state index is 0.0887.